The summed E-state index contributed by atoms with van der Waals surface area (Å²) >= 11 is 0. The van der Waals surface area contributed by atoms with Crippen LogP contribution < -0.4 is 0 Å². The van der Waals surface area contributed by atoms with Gasteiger partial charge in [0.25, 0.3) is 0 Å². The van der Waals surface area contributed by atoms with E-state index in [0.29, 0.717) is 5.56 Å². The van der Waals surface area contributed by atoms with E-state index in [1.807, 2.05) is 27.7 Å². The summed E-state index contributed by atoms with van der Waals surface area (Å²) in [5, 5.41) is 0. The van der Waals surface area contributed by atoms with Crippen molar-refractivity contribution < 1.29 is 13.9 Å². The van der Waals surface area contributed by atoms with Crippen LogP contribution in [0.3, 0.4) is 0 Å². The lowest BCUT2D eigenvalue weighted by Gasteiger charge is -2.28. The molecule has 0 aliphatic carbocycles. The van der Waals surface area contributed by atoms with Crippen LogP contribution in [0.2, 0.25) is 0 Å². The number of rotatable bonds is 3. The Morgan fingerprint density at radius 3 is 2.57 bits per heavy atom. The summed E-state index contributed by atoms with van der Waals surface area (Å²) in [6.07, 6.45) is 2.84. The van der Waals surface area contributed by atoms with E-state index in [9.17, 15) is 4.79 Å². The highest BCUT2D eigenvalue weighted by Gasteiger charge is 2.27. The predicted molar refractivity (Wildman–Crippen MR) is 53.0 cm³/mol. The first-order valence-electron chi connectivity index (χ1n) is 4.69. The van der Waals surface area contributed by atoms with Crippen LogP contribution in [-0.2, 0) is 4.74 Å². The van der Waals surface area contributed by atoms with Crippen LogP contribution in [0.1, 0.15) is 38.1 Å². The normalized spacial score (nSPS) is 11.8. The number of carbonyl (C=O) groups is 1. The monoisotopic (exact) mass is 196 g/mol. The van der Waals surface area contributed by atoms with Gasteiger partial charge in [0.1, 0.15) is 11.9 Å². The third kappa shape index (κ3) is 2.37. The molecule has 14 heavy (non-hydrogen) atoms. The Hall–Kier alpha value is -1.25. The van der Waals surface area contributed by atoms with Gasteiger partial charge in [0, 0.05) is 0 Å². The molecule has 0 aliphatic heterocycles. The third-order valence-corrected chi connectivity index (χ3v) is 2.50. The highest BCUT2D eigenvalue weighted by molar-refractivity contribution is 5.89. The minimum Gasteiger partial charge on any atom is -0.472 e. The molecule has 0 saturated heterocycles. The molecule has 0 fully saturated rings. The van der Waals surface area contributed by atoms with Gasteiger partial charge in [0.2, 0.25) is 0 Å². The van der Waals surface area contributed by atoms with Crippen molar-refractivity contribution in [3.8, 4) is 0 Å². The molecule has 0 aromatic carbocycles. The number of ether oxygens (including phenoxy) is 1. The van der Waals surface area contributed by atoms with Crippen LogP contribution in [0, 0.1) is 5.92 Å². The van der Waals surface area contributed by atoms with Crippen molar-refractivity contribution >= 4 is 5.97 Å². The summed E-state index contributed by atoms with van der Waals surface area (Å²) in [6.45, 7) is 7.83. The Morgan fingerprint density at radius 1 is 1.50 bits per heavy atom. The second-order valence-electron chi connectivity index (χ2n) is 4.16. The van der Waals surface area contributed by atoms with E-state index in [4.69, 9.17) is 9.15 Å². The van der Waals surface area contributed by atoms with Gasteiger partial charge in [-0.25, -0.2) is 4.79 Å². The first-order chi connectivity index (χ1) is 6.43. The van der Waals surface area contributed by atoms with Crippen LogP contribution in [0.4, 0.5) is 0 Å². The Labute approximate surface area is 84.1 Å². The molecular formula is C11H16O3. The maximum absolute atomic E-state index is 11.5. The fraction of sp³-hybridized carbons (Fsp3) is 0.545. The predicted octanol–water partition coefficient (Wildman–Crippen LogP) is 2.87. The van der Waals surface area contributed by atoms with E-state index >= 15 is 0 Å². The second kappa shape index (κ2) is 3.86. The summed E-state index contributed by atoms with van der Waals surface area (Å²) < 4.78 is 10.2. The minimum atomic E-state index is -0.450. The summed E-state index contributed by atoms with van der Waals surface area (Å²) in [7, 11) is 0. The summed E-state index contributed by atoms with van der Waals surface area (Å²) in [6, 6.07) is 1.60. The molecule has 1 aromatic heterocycles. The topological polar surface area (TPSA) is 39.4 Å². The number of carbonyl (C=O) groups excluding carboxylic acids is 1. The van der Waals surface area contributed by atoms with Gasteiger partial charge in [0.15, 0.2) is 0 Å². The van der Waals surface area contributed by atoms with Crippen molar-refractivity contribution in [1.29, 1.82) is 0 Å². The summed E-state index contributed by atoms with van der Waals surface area (Å²) in [4.78, 5) is 11.5. The van der Waals surface area contributed by atoms with E-state index in [2.05, 4.69) is 0 Å². The summed E-state index contributed by atoms with van der Waals surface area (Å²) in [5.41, 5.74) is 0.00711. The molecule has 1 rings (SSSR count). The zero-order valence-electron chi connectivity index (χ0n) is 9.03. The van der Waals surface area contributed by atoms with Gasteiger partial charge in [-0.1, -0.05) is 13.8 Å². The van der Waals surface area contributed by atoms with Gasteiger partial charge in [0.05, 0.1) is 11.8 Å². The molecule has 0 radical (unpaired) electrons. The molecule has 3 heteroatoms. The fourth-order valence-corrected chi connectivity index (χ4v) is 0.796. The van der Waals surface area contributed by atoms with E-state index in [0.717, 1.165) is 0 Å². The minimum absolute atomic E-state index is 0.276. The molecule has 0 N–H and O–H groups in total. The average Bonchev–Trinajstić information content (AvgIpc) is 2.54. The van der Waals surface area contributed by atoms with Crippen molar-refractivity contribution in [2.75, 3.05) is 0 Å². The lowest BCUT2D eigenvalue weighted by Crippen LogP contribution is -2.33. The Morgan fingerprint density at radius 2 is 2.14 bits per heavy atom. The maximum Gasteiger partial charge on any atom is 0.341 e. The molecule has 0 aliphatic rings. The molecular weight excluding hydrogens is 180 g/mol. The molecule has 78 valence electrons. The van der Waals surface area contributed by atoms with Crippen molar-refractivity contribution in [2.24, 2.45) is 5.92 Å². The lowest BCUT2D eigenvalue weighted by atomic mass is 9.94. The zero-order chi connectivity index (χ0) is 10.8. The first-order valence-corrected chi connectivity index (χ1v) is 4.69. The number of hydrogen-bond donors (Lipinski definition) is 0. The standard InChI is InChI=1S/C11H16O3/c1-8(2)11(3,4)14-10(12)9-5-6-13-7-9/h5-8H,1-4H3. The van der Waals surface area contributed by atoms with Gasteiger partial charge >= 0.3 is 5.97 Å². The van der Waals surface area contributed by atoms with E-state index in [1.54, 1.807) is 6.07 Å². The maximum atomic E-state index is 11.5. The second-order valence-corrected chi connectivity index (χ2v) is 4.16. The van der Waals surface area contributed by atoms with Crippen LogP contribution in [0.25, 0.3) is 0 Å². The van der Waals surface area contributed by atoms with Gasteiger partial charge in [-0.2, -0.15) is 0 Å². The van der Waals surface area contributed by atoms with Crippen LogP contribution in [-0.4, -0.2) is 11.6 Å². The SMILES string of the molecule is CC(C)C(C)(C)OC(=O)c1ccoc1. The van der Waals surface area contributed by atoms with Gasteiger partial charge in [-0.15, -0.1) is 0 Å². The Bertz CT molecular complexity index is 296. The number of hydrogen-bond acceptors (Lipinski definition) is 3. The Balaban J connectivity index is 2.66. The van der Waals surface area contributed by atoms with Crippen LogP contribution in [0.15, 0.2) is 23.0 Å². The lowest BCUT2D eigenvalue weighted by molar-refractivity contribution is -0.0223. The first kappa shape index (κ1) is 10.8. The molecule has 0 unspecified atom stereocenters. The molecule has 0 bridgehead atoms. The highest BCUT2D eigenvalue weighted by Crippen LogP contribution is 2.22. The number of esters is 1. The van der Waals surface area contributed by atoms with Crippen molar-refractivity contribution in [2.45, 2.75) is 33.3 Å². The van der Waals surface area contributed by atoms with Crippen LogP contribution in [0.5, 0.6) is 0 Å². The van der Waals surface area contributed by atoms with Gasteiger partial charge in [-0.05, 0) is 25.8 Å². The van der Waals surface area contributed by atoms with Crippen molar-refractivity contribution in [3.63, 3.8) is 0 Å². The van der Waals surface area contributed by atoms with E-state index in [1.165, 1.54) is 12.5 Å². The largest absolute Gasteiger partial charge is 0.472 e. The van der Waals surface area contributed by atoms with Crippen molar-refractivity contribution in [1.82, 2.24) is 0 Å². The molecule has 0 saturated carbocycles. The summed E-state index contributed by atoms with van der Waals surface area (Å²) in [5.74, 6) is -0.0594. The quantitative estimate of drug-likeness (QED) is 0.698. The molecule has 0 atom stereocenters. The average molecular weight is 196 g/mol. The smallest absolute Gasteiger partial charge is 0.341 e. The molecule has 0 amide bonds. The van der Waals surface area contributed by atoms with E-state index in [-0.39, 0.29) is 11.9 Å². The highest BCUT2D eigenvalue weighted by atomic mass is 16.6. The Kier molecular flexibility index (Phi) is 2.99. The van der Waals surface area contributed by atoms with E-state index < -0.39 is 5.60 Å². The zero-order valence-corrected chi connectivity index (χ0v) is 9.03. The molecule has 0 spiro atoms. The molecule has 3 nitrogen and oxygen atoms in total. The third-order valence-electron chi connectivity index (χ3n) is 2.50. The molecule has 1 heterocycles. The number of furan rings is 1. The molecule has 1 aromatic rings. The van der Waals surface area contributed by atoms with Gasteiger partial charge < -0.3 is 9.15 Å². The fourth-order valence-electron chi connectivity index (χ4n) is 0.796. The van der Waals surface area contributed by atoms with Crippen LogP contribution >= 0.6 is 0 Å². The van der Waals surface area contributed by atoms with Gasteiger partial charge in [-0.3, -0.25) is 0 Å². The van der Waals surface area contributed by atoms with Crippen molar-refractivity contribution in [3.05, 3.63) is 24.2 Å².